The fourth-order valence-electron chi connectivity index (χ4n) is 3.35. The van der Waals surface area contributed by atoms with E-state index in [1.165, 1.54) is 18.7 Å². The summed E-state index contributed by atoms with van der Waals surface area (Å²) in [4.78, 5) is 49.2. The highest BCUT2D eigenvalue weighted by molar-refractivity contribution is 5.94. The Kier molecular flexibility index (Phi) is 6.81. The van der Waals surface area contributed by atoms with Gasteiger partial charge >= 0.3 is 5.97 Å². The molecule has 1 aliphatic rings. The summed E-state index contributed by atoms with van der Waals surface area (Å²) in [5.74, 6) is -1.53. The van der Waals surface area contributed by atoms with Crippen molar-refractivity contribution in [3.8, 4) is 0 Å². The molecule has 2 N–H and O–H groups in total. The molecule has 3 amide bonds. The Morgan fingerprint density at radius 2 is 1.68 bits per heavy atom. The number of rotatable bonds is 6. The first-order valence-electron chi connectivity index (χ1n) is 9.72. The van der Waals surface area contributed by atoms with Crippen molar-refractivity contribution in [3.63, 3.8) is 0 Å². The van der Waals surface area contributed by atoms with Gasteiger partial charge in [0.15, 0.2) is 6.61 Å². The van der Waals surface area contributed by atoms with Gasteiger partial charge in [0.2, 0.25) is 11.8 Å². The summed E-state index contributed by atoms with van der Waals surface area (Å²) in [5, 5.41) is 5.24. The Bertz CT molecular complexity index is 1050. The third kappa shape index (κ3) is 5.79. The summed E-state index contributed by atoms with van der Waals surface area (Å²) in [6.07, 6.45) is 3.39. The van der Waals surface area contributed by atoms with Crippen molar-refractivity contribution in [2.24, 2.45) is 0 Å². The summed E-state index contributed by atoms with van der Waals surface area (Å²) in [7, 11) is 0. The van der Waals surface area contributed by atoms with Crippen LogP contribution in [0.3, 0.4) is 0 Å². The van der Waals surface area contributed by atoms with Crippen LogP contribution >= 0.6 is 0 Å². The van der Waals surface area contributed by atoms with Crippen molar-refractivity contribution in [1.29, 1.82) is 0 Å². The van der Waals surface area contributed by atoms with Crippen LogP contribution in [0.5, 0.6) is 0 Å². The maximum Gasteiger partial charge on any atom is 0.308 e. The number of fused-ring (bicyclic) bond motifs is 1. The number of amides is 3. The lowest BCUT2D eigenvalue weighted by Crippen LogP contribution is -2.33. The summed E-state index contributed by atoms with van der Waals surface area (Å²) in [5.41, 5.74) is 2.77. The SMILES string of the molecule is CC(=O)Nc1cccc(NC(=O)COC(=O)C[C@@H]2c3ccccc3C=CN2C(C)=O)c1. The second kappa shape index (κ2) is 9.71. The fraction of sp³-hybridized carbons (Fsp3) is 0.217. The van der Waals surface area contributed by atoms with Gasteiger partial charge in [-0.15, -0.1) is 0 Å². The highest BCUT2D eigenvalue weighted by atomic mass is 16.5. The minimum absolute atomic E-state index is 0.0772. The van der Waals surface area contributed by atoms with Gasteiger partial charge in [-0.05, 0) is 35.4 Å². The average molecular weight is 421 g/mol. The van der Waals surface area contributed by atoms with E-state index in [0.29, 0.717) is 11.4 Å². The lowest BCUT2D eigenvalue weighted by molar-refractivity contribution is -0.149. The molecule has 2 aromatic rings. The predicted octanol–water partition coefficient (Wildman–Crippen LogP) is 3.09. The number of nitrogens with zero attached hydrogens (tertiary/aromatic N) is 1. The fourth-order valence-corrected chi connectivity index (χ4v) is 3.35. The summed E-state index contributed by atoms with van der Waals surface area (Å²) in [6.45, 7) is 2.35. The molecule has 0 aliphatic carbocycles. The number of nitrogens with one attached hydrogen (secondary N) is 2. The lowest BCUT2D eigenvalue weighted by Gasteiger charge is -2.32. The molecule has 1 aliphatic heterocycles. The van der Waals surface area contributed by atoms with Gasteiger partial charge < -0.3 is 20.3 Å². The first kappa shape index (κ1) is 21.8. The zero-order valence-corrected chi connectivity index (χ0v) is 17.3. The van der Waals surface area contributed by atoms with E-state index in [0.717, 1.165) is 11.1 Å². The van der Waals surface area contributed by atoms with E-state index in [-0.39, 0.29) is 18.2 Å². The third-order valence-corrected chi connectivity index (χ3v) is 4.66. The van der Waals surface area contributed by atoms with Gasteiger partial charge in [0, 0.05) is 31.4 Å². The van der Waals surface area contributed by atoms with E-state index in [2.05, 4.69) is 10.6 Å². The summed E-state index contributed by atoms with van der Waals surface area (Å²) >= 11 is 0. The van der Waals surface area contributed by atoms with Gasteiger partial charge in [-0.3, -0.25) is 19.2 Å². The topological polar surface area (TPSA) is 105 Å². The van der Waals surface area contributed by atoms with Crippen LogP contribution in [0, 0.1) is 0 Å². The maximum absolute atomic E-state index is 12.4. The standard InChI is InChI=1S/C23H23N3O5/c1-15(27)24-18-7-5-8-19(12-18)25-22(29)14-31-23(30)13-21-20-9-4-3-6-17(20)10-11-26(21)16(2)28/h3-12,21H,13-14H2,1-2H3,(H,24,27)(H,25,29)/t21-/m1/s1. The Balaban J connectivity index is 1.58. The Morgan fingerprint density at radius 3 is 2.39 bits per heavy atom. The van der Waals surface area contributed by atoms with Gasteiger partial charge in [0.25, 0.3) is 5.91 Å². The minimum atomic E-state index is -0.594. The van der Waals surface area contributed by atoms with Crippen molar-refractivity contribution in [2.45, 2.75) is 26.3 Å². The van der Waals surface area contributed by atoms with Crippen LogP contribution in [-0.4, -0.2) is 35.2 Å². The average Bonchev–Trinajstić information content (AvgIpc) is 2.72. The number of hydrogen-bond donors (Lipinski definition) is 2. The van der Waals surface area contributed by atoms with E-state index in [1.54, 1.807) is 30.5 Å². The Labute approximate surface area is 179 Å². The predicted molar refractivity (Wildman–Crippen MR) is 116 cm³/mol. The molecule has 0 radical (unpaired) electrons. The van der Waals surface area contributed by atoms with Crippen LogP contribution < -0.4 is 10.6 Å². The molecule has 0 fully saturated rings. The molecular formula is C23H23N3O5. The largest absolute Gasteiger partial charge is 0.455 e. The number of carbonyl (C=O) groups excluding carboxylic acids is 4. The van der Waals surface area contributed by atoms with Crippen LogP contribution in [0.1, 0.15) is 37.4 Å². The van der Waals surface area contributed by atoms with Crippen molar-refractivity contribution >= 4 is 41.1 Å². The number of hydrogen-bond acceptors (Lipinski definition) is 5. The molecule has 0 saturated heterocycles. The van der Waals surface area contributed by atoms with Crippen molar-refractivity contribution in [2.75, 3.05) is 17.2 Å². The quantitative estimate of drug-likeness (QED) is 0.698. The zero-order chi connectivity index (χ0) is 22.4. The van der Waals surface area contributed by atoms with Crippen molar-refractivity contribution < 1.29 is 23.9 Å². The Morgan fingerprint density at radius 1 is 0.968 bits per heavy atom. The van der Waals surface area contributed by atoms with Crippen LogP contribution in [0.25, 0.3) is 6.08 Å². The molecule has 0 aromatic heterocycles. The Hall–Kier alpha value is -3.94. The molecule has 0 bridgehead atoms. The molecule has 0 unspecified atom stereocenters. The molecular weight excluding hydrogens is 398 g/mol. The highest BCUT2D eigenvalue weighted by Gasteiger charge is 2.28. The number of anilines is 2. The summed E-state index contributed by atoms with van der Waals surface area (Å²) in [6, 6.07) is 13.6. The second-order valence-electron chi connectivity index (χ2n) is 7.06. The van der Waals surface area contributed by atoms with Gasteiger partial charge in [0.1, 0.15) is 0 Å². The molecule has 2 aromatic carbocycles. The van der Waals surface area contributed by atoms with Gasteiger partial charge in [-0.2, -0.15) is 0 Å². The molecule has 1 atom stereocenters. The molecule has 31 heavy (non-hydrogen) atoms. The smallest absolute Gasteiger partial charge is 0.308 e. The van der Waals surface area contributed by atoms with Crippen molar-refractivity contribution in [3.05, 3.63) is 65.9 Å². The van der Waals surface area contributed by atoms with Gasteiger partial charge in [-0.1, -0.05) is 30.3 Å². The van der Waals surface area contributed by atoms with Crippen LogP contribution in [0.2, 0.25) is 0 Å². The first-order chi connectivity index (χ1) is 14.8. The second-order valence-corrected chi connectivity index (χ2v) is 7.06. The molecule has 1 heterocycles. The first-order valence-corrected chi connectivity index (χ1v) is 9.72. The van der Waals surface area contributed by atoms with Crippen LogP contribution in [-0.2, 0) is 23.9 Å². The molecule has 3 rings (SSSR count). The number of esters is 1. The normalized spacial score (nSPS) is 14.4. The number of carbonyl (C=O) groups is 4. The van der Waals surface area contributed by atoms with E-state index in [9.17, 15) is 19.2 Å². The molecule has 0 saturated carbocycles. The van der Waals surface area contributed by atoms with E-state index >= 15 is 0 Å². The molecule has 160 valence electrons. The van der Waals surface area contributed by atoms with Gasteiger partial charge in [-0.25, -0.2) is 0 Å². The maximum atomic E-state index is 12.4. The monoisotopic (exact) mass is 421 g/mol. The number of ether oxygens (including phenoxy) is 1. The number of benzene rings is 2. The van der Waals surface area contributed by atoms with Crippen LogP contribution in [0.15, 0.2) is 54.7 Å². The summed E-state index contributed by atoms with van der Waals surface area (Å²) < 4.78 is 5.13. The highest BCUT2D eigenvalue weighted by Crippen LogP contribution is 2.33. The molecule has 8 heteroatoms. The zero-order valence-electron chi connectivity index (χ0n) is 17.3. The van der Waals surface area contributed by atoms with E-state index < -0.39 is 24.5 Å². The van der Waals surface area contributed by atoms with E-state index in [4.69, 9.17) is 4.74 Å². The van der Waals surface area contributed by atoms with E-state index in [1.807, 2.05) is 30.3 Å². The molecule has 0 spiro atoms. The lowest BCUT2D eigenvalue weighted by atomic mass is 9.94. The minimum Gasteiger partial charge on any atom is -0.455 e. The third-order valence-electron chi connectivity index (χ3n) is 4.66. The van der Waals surface area contributed by atoms with Crippen LogP contribution in [0.4, 0.5) is 11.4 Å². The van der Waals surface area contributed by atoms with Gasteiger partial charge in [0.05, 0.1) is 12.5 Å². The molecule has 8 nitrogen and oxygen atoms in total. The van der Waals surface area contributed by atoms with Crippen molar-refractivity contribution in [1.82, 2.24) is 4.90 Å².